The number of aliphatic hydroxyl groups is 1. The van der Waals surface area contributed by atoms with Crippen LogP contribution in [0.4, 0.5) is 8.78 Å². The molecule has 1 atom stereocenters. The van der Waals surface area contributed by atoms with Gasteiger partial charge in [-0.1, -0.05) is 0 Å². The lowest BCUT2D eigenvalue weighted by atomic mass is 10.1. The molecule has 0 aliphatic heterocycles. The molecule has 0 spiro atoms. The second kappa shape index (κ2) is 3.92. The molecule has 1 unspecified atom stereocenters. The van der Waals surface area contributed by atoms with Crippen LogP contribution in [-0.4, -0.2) is 15.8 Å². The minimum Gasteiger partial charge on any atom is -0.392 e. The highest BCUT2D eigenvalue weighted by atomic mass is 19.2. The first-order valence-corrected chi connectivity index (χ1v) is 5.90. The minimum absolute atomic E-state index is 0.452. The van der Waals surface area contributed by atoms with E-state index in [0.717, 1.165) is 22.4 Å². The number of benzene rings is 1. The zero-order valence-corrected chi connectivity index (χ0v) is 9.95. The molecule has 1 aliphatic carbocycles. The average Bonchev–Trinajstić information content (AvgIpc) is 2.80. The summed E-state index contributed by atoms with van der Waals surface area (Å²) in [5.74, 6) is -1.63. The molecule has 1 aliphatic rings. The van der Waals surface area contributed by atoms with Gasteiger partial charge in [-0.25, -0.2) is 8.78 Å². The molecule has 1 aromatic carbocycles. The van der Waals surface area contributed by atoms with Crippen LogP contribution in [0.25, 0.3) is 11.3 Å². The van der Waals surface area contributed by atoms with Crippen molar-refractivity contribution in [2.75, 3.05) is 0 Å². The molecular weight excluding hydrogens is 236 g/mol. The molecule has 0 saturated heterocycles. The number of hydrogen-bond acceptors (Lipinski definition) is 1. The molecule has 2 nitrogen and oxygen atoms in total. The number of nitrogens with zero attached hydrogens (tertiary/aromatic N) is 1. The van der Waals surface area contributed by atoms with Gasteiger partial charge in [0.05, 0.1) is 11.8 Å². The van der Waals surface area contributed by atoms with E-state index in [2.05, 4.69) is 0 Å². The Morgan fingerprint density at radius 1 is 1.28 bits per heavy atom. The van der Waals surface area contributed by atoms with Crippen LogP contribution in [0.5, 0.6) is 0 Å². The Hall–Kier alpha value is -1.68. The van der Waals surface area contributed by atoms with Crippen molar-refractivity contribution in [1.29, 1.82) is 0 Å². The molecule has 1 heterocycles. The van der Waals surface area contributed by atoms with Gasteiger partial charge in [-0.3, -0.25) is 0 Å². The molecular formula is C14H13F2NO. The molecule has 0 radical (unpaired) electrons. The summed E-state index contributed by atoms with van der Waals surface area (Å²) >= 11 is 0. The molecule has 1 aromatic heterocycles. The summed E-state index contributed by atoms with van der Waals surface area (Å²) in [6.07, 6.45) is 2.02. The summed E-state index contributed by atoms with van der Waals surface area (Å²) in [5.41, 5.74) is 3.48. The smallest absolute Gasteiger partial charge is 0.159 e. The van der Waals surface area contributed by atoms with Gasteiger partial charge < -0.3 is 9.67 Å². The normalized spacial score (nSPS) is 14.4. The van der Waals surface area contributed by atoms with Crippen LogP contribution in [0.1, 0.15) is 18.1 Å². The lowest BCUT2D eigenvalue weighted by Gasteiger charge is -2.11. The zero-order valence-electron chi connectivity index (χ0n) is 9.95. The van der Waals surface area contributed by atoms with Gasteiger partial charge in [0.25, 0.3) is 0 Å². The van der Waals surface area contributed by atoms with Crippen molar-refractivity contribution in [3.05, 3.63) is 47.2 Å². The Kier molecular flexibility index (Phi) is 2.48. The summed E-state index contributed by atoms with van der Waals surface area (Å²) < 4.78 is 28.4. The van der Waals surface area contributed by atoms with Gasteiger partial charge >= 0.3 is 0 Å². The standard InChI is InChI=1S/C14H13F2NO/c1-8(18)7-17-3-2-9-4-10-5-12(15)13(16)6-11(10)14(9)17/h2-3,5-6,8,18H,4,7H2,1H3. The first-order valence-electron chi connectivity index (χ1n) is 5.90. The van der Waals surface area contributed by atoms with Gasteiger partial charge in [0.1, 0.15) is 0 Å². The Balaban J connectivity index is 2.13. The first-order chi connectivity index (χ1) is 8.56. The van der Waals surface area contributed by atoms with Crippen molar-refractivity contribution in [3.63, 3.8) is 0 Å². The fourth-order valence-electron chi connectivity index (χ4n) is 2.58. The van der Waals surface area contributed by atoms with E-state index in [0.29, 0.717) is 13.0 Å². The van der Waals surface area contributed by atoms with E-state index < -0.39 is 17.7 Å². The largest absolute Gasteiger partial charge is 0.392 e. The van der Waals surface area contributed by atoms with E-state index in [4.69, 9.17) is 0 Å². The topological polar surface area (TPSA) is 25.2 Å². The molecule has 2 aromatic rings. The highest BCUT2D eigenvalue weighted by Crippen LogP contribution is 2.38. The van der Waals surface area contributed by atoms with Crippen LogP contribution in [0.3, 0.4) is 0 Å². The summed E-state index contributed by atoms with van der Waals surface area (Å²) in [4.78, 5) is 0. The Bertz CT molecular complexity index is 616. The number of aliphatic hydroxyl groups excluding tert-OH is 1. The van der Waals surface area contributed by atoms with Crippen LogP contribution in [0, 0.1) is 11.6 Å². The highest BCUT2D eigenvalue weighted by molar-refractivity contribution is 5.74. The zero-order chi connectivity index (χ0) is 12.9. The Morgan fingerprint density at radius 3 is 2.72 bits per heavy atom. The van der Waals surface area contributed by atoms with E-state index in [-0.39, 0.29) is 0 Å². The maximum atomic E-state index is 13.3. The maximum absolute atomic E-state index is 13.3. The van der Waals surface area contributed by atoms with Crippen LogP contribution in [0.15, 0.2) is 24.4 Å². The van der Waals surface area contributed by atoms with Crippen molar-refractivity contribution < 1.29 is 13.9 Å². The van der Waals surface area contributed by atoms with Crippen molar-refractivity contribution in [1.82, 2.24) is 4.57 Å². The third-order valence-electron chi connectivity index (χ3n) is 3.29. The lowest BCUT2D eigenvalue weighted by molar-refractivity contribution is 0.174. The van der Waals surface area contributed by atoms with Gasteiger partial charge in [0, 0.05) is 24.7 Å². The van der Waals surface area contributed by atoms with Crippen molar-refractivity contribution in [2.45, 2.75) is 26.0 Å². The van der Waals surface area contributed by atoms with Crippen LogP contribution in [-0.2, 0) is 13.0 Å². The second-order valence-corrected chi connectivity index (χ2v) is 4.79. The van der Waals surface area contributed by atoms with E-state index in [1.165, 1.54) is 12.1 Å². The fraction of sp³-hybridized carbons (Fsp3) is 0.286. The van der Waals surface area contributed by atoms with Gasteiger partial charge in [0.2, 0.25) is 0 Å². The molecule has 94 valence electrons. The highest BCUT2D eigenvalue weighted by Gasteiger charge is 2.24. The molecule has 0 fully saturated rings. The summed E-state index contributed by atoms with van der Waals surface area (Å²) in [5, 5.41) is 9.45. The second-order valence-electron chi connectivity index (χ2n) is 4.79. The summed E-state index contributed by atoms with van der Waals surface area (Å²) in [7, 11) is 0. The van der Waals surface area contributed by atoms with E-state index in [1.807, 2.05) is 16.8 Å². The lowest BCUT2D eigenvalue weighted by Crippen LogP contribution is -2.11. The first kappa shape index (κ1) is 11.4. The summed E-state index contributed by atoms with van der Waals surface area (Å²) in [6.45, 7) is 2.15. The van der Waals surface area contributed by atoms with Gasteiger partial charge in [0.15, 0.2) is 11.6 Å². The maximum Gasteiger partial charge on any atom is 0.159 e. The fourth-order valence-corrected chi connectivity index (χ4v) is 2.58. The summed E-state index contributed by atoms with van der Waals surface area (Å²) in [6, 6.07) is 4.44. The molecule has 1 N–H and O–H groups in total. The van der Waals surface area contributed by atoms with Crippen LogP contribution in [0.2, 0.25) is 0 Å². The van der Waals surface area contributed by atoms with E-state index in [9.17, 15) is 13.9 Å². The molecule has 4 heteroatoms. The van der Waals surface area contributed by atoms with Gasteiger partial charge in [-0.2, -0.15) is 0 Å². The van der Waals surface area contributed by atoms with Gasteiger partial charge in [-0.05, 0) is 36.2 Å². The average molecular weight is 249 g/mol. The predicted molar refractivity (Wildman–Crippen MR) is 64.3 cm³/mol. The number of aromatic nitrogens is 1. The van der Waals surface area contributed by atoms with E-state index >= 15 is 0 Å². The van der Waals surface area contributed by atoms with Crippen molar-refractivity contribution >= 4 is 0 Å². The monoisotopic (exact) mass is 249 g/mol. The van der Waals surface area contributed by atoms with Crippen LogP contribution < -0.4 is 0 Å². The van der Waals surface area contributed by atoms with Crippen molar-refractivity contribution in [3.8, 4) is 11.3 Å². The SMILES string of the molecule is CC(O)Cn1ccc2c1-c1cc(F)c(F)cc1C2. The number of fused-ring (bicyclic) bond motifs is 3. The number of hydrogen-bond donors (Lipinski definition) is 1. The predicted octanol–water partition coefficient (Wildman–Crippen LogP) is 2.72. The van der Waals surface area contributed by atoms with Gasteiger partial charge in [-0.15, -0.1) is 0 Å². The quantitative estimate of drug-likeness (QED) is 0.742. The molecule has 18 heavy (non-hydrogen) atoms. The molecule has 3 rings (SSSR count). The van der Waals surface area contributed by atoms with Crippen molar-refractivity contribution in [2.24, 2.45) is 0 Å². The number of rotatable bonds is 2. The third kappa shape index (κ3) is 1.64. The number of halogens is 2. The Morgan fingerprint density at radius 2 is 2.00 bits per heavy atom. The van der Waals surface area contributed by atoms with E-state index in [1.54, 1.807) is 6.92 Å². The Labute approximate surface area is 103 Å². The van der Waals surface area contributed by atoms with Crippen LogP contribution >= 0.6 is 0 Å². The minimum atomic E-state index is -0.827. The molecule has 0 bridgehead atoms. The molecule has 0 amide bonds. The third-order valence-corrected chi connectivity index (χ3v) is 3.29. The molecule has 0 saturated carbocycles.